The number of ether oxygens (including phenoxy) is 3. The summed E-state index contributed by atoms with van der Waals surface area (Å²) in [5, 5.41) is 0. The standard InChI is InChI=1S/C27H52O5/c1-5-9-10-11-12-13-14-15-16-17-18-19-20-21-22-31-25(28)27(6-2,7-3)26(29)32-24-23-30-8-4/h5-24H2,1-4H3. The maximum atomic E-state index is 12.6. The molecule has 0 bridgehead atoms. The predicted octanol–water partition coefficient (Wildman–Crippen LogP) is 7.40. The Morgan fingerprint density at radius 3 is 1.34 bits per heavy atom. The van der Waals surface area contributed by atoms with Crippen LogP contribution in [0.15, 0.2) is 0 Å². The number of unbranched alkanes of at least 4 members (excludes halogenated alkanes) is 13. The quantitative estimate of drug-likeness (QED) is 0.0910. The van der Waals surface area contributed by atoms with E-state index in [1.165, 1.54) is 77.0 Å². The molecule has 0 spiro atoms. The molecule has 0 aliphatic carbocycles. The van der Waals surface area contributed by atoms with Gasteiger partial charge in [0.05, 0.1) is 13.2 Å². The van der Waals surface area contributed by atoms with Crippen molar-refractivity contribution in [2.24, 2.45) is 5.41 Å². The Balaban J connectivity index is 3.81. The molecular formula is C27H52O5. The van der Waals surface area contributed by atoms with Gasteiger partial charge in [0.25, 0.3) is 0 Å². The van der Waals surface area contributed by atoms with Crippen molar-refractivity contribution in [3.05, 3.63) is 0 Å². The van der Waals surface area contributed by atoms with Crippen LogP contribution in [0.3, 0.4) is 0 Å². The molecule has 0 radical (unpaired) electrons. The van der Waals surface area contributed by atoms with Crippen molar-refractivity contribution in [1.29, 1.82) is 0 Å². The summed E-state index contributed by atoms with van der Waals surface area (Å²) in [5.41, 5.74) is -1.19. The highest BCUT2D eigenvalue weighted by Gasteiger charge is 2.45. The van der Waals surface area contributed by atoms with E-state index in [-0.39, 0.29) is 6.61 Å². The first-order valence-corrected chi connectivity index (χ1v) is 13.5. The average molecular weight is 457 g/mol. The van der Waals surface area contributed by atoms with Gasteiger partial charge in [-0.05, 0) is 26.2 Å². The lowest BCUT2D eigenvalue weighted by atomic mass is 9.82. The van der Waals surface area contributed by atoms with E-state index in [1.807, 2.05) is 20.8 Å². The summed E-state index contributed by atoms with van der Waals surface area (Å²) in [7, 11) is 0. The first-order valence-electron chi connectivity index (χ1n) is 13.5. The lowest BCUT2D eigenvalue weighted by Gasteiger charge is -2.26. The highest BCUT2D eigenvalue weighted by Crippen LogP contribution is 2.30. The Bertz CT molecular complexity index is 445. The van der Waals surface area contributed by atoms with Crippen LogP contribution in [0.1, 0.15) is 130 Å². The number of carbonyl (C=O) groups excluding carboxylic acids is 2. The van der Waals surface area contributed by atoms with Gasteiger partial charge in [-0.15, -0.1) is 0 Å². The normalized spacial score (nSPS) is 11.5. The van der Waals surface area contributed by atoms with Crippen LogP contribution in [0.2, 0.25) is 0 Å². The molecule has 0 heterocycles. The fourth-order valence-electron chi connectivity index (χ4n) is 3.99. The lowest BCUT2D eigenvalue weighted by molar-refractivity contribution is -0.174. The molecule has 190 valence electrons. The molecule has 5 nitrogen and oxygen atoms in total. The molecule has 32 heavy (non-hydrogen) atoms. The fourth-order valence-corrected chi connectivity index (χ4v) is 3.99. The third-order valence-electron chi connectivity index (χ3n) is 6.38. The van der Waals surface area contributed by atoms with Gasteiger partial charge in [0, 0.05) is 6.61 Å². The minimum absolute atomic E-state index is 0.167. The summed E-state index contributed by atoms with van der Waals surface area (Å²) in [6.07, 6.45) is 18.8. The van der Waals surface area contributed by atoms with Crippen molar-refractivity contribution < 1.29 is 23.8 Å². The zero-order valence-electron chi connectivity index (χ0n) is 21.7. The molecule has 5 heteroatoms. The molecule has 0 aliphatic heterocycles. The second-order valence-electron chi connectivity index (χ2n) is 8.85. The van der Waals surface area contributed by atoms with E-state index in [1.54, 1.807) is 0 Å². The predicted molar refractivity (Wildman–Crippen MR) is 132 cm³/mol. The van der Waals surface area contributed by atoms with Crippen LogP contribution in [0, 0.1) is 5.41 Å². The fraction of sp³-hybridized carbons (Fsp3) is 0.926. The molecule has 0 aliphatic rings. The molecular weight excluding hydrogens is 404 g/mol. The van der Waals surface area contributed by atoms with Gasteiger partial charge in [0.1, 0.15) is 6.61 Å². The number of carbonyl (C=O) groups is 2. The van der Waals surface area contributed by atoms with Crippen molar-refractivity contribution in [2.45, 2.75) is 130 Å². The third-order valence-corrected chi connectivity index (χ3v) is 6.38. The van der Waals surface area contributed by atoms with E-state index in [2.05, 4.69) is 6.92 Å². The van der Waals surface area contributed by atoms with Crippen molar-refractivity contribution in [3.63, 3.8) is 0 Å². The van der Waals surface area contributed by atoms with Crippen molar-refractivity contribution >= 4 is 11.9 Å². The van der Waals surface area contributed by atoms with Gasteiger partial charge < -0.3 is 14.2 Å². The van der Waals surface area contributed by atoms with Crippen LogP contribution >= 0.6 is 0 Å². The van der Waals surface area contributed by atoms with Crippen LogP contribution in [0.5, 0.6) is 0 Å². The van der Waals surface area contributed by atoms with Crippen LogP contribution in [0.25, 0.3) is 0 Å². The largest absolute Gasteiger partial charge is 0.465 e. The number of hydrogen-bond donors (Lipinski definition) is 0. The van der Waals surface area contributed by atoms with E-state index in [0.717, 1.165) is 12.8 Å². The lowest BCUT2D eigenvalue weighted by Crippen LogP contribution is -2.41. The van der Waals surface area contributed by atoms with Gasteiger partial charge in [-0.2, -0.15) is 0 Å². The monoisotopic (exact) mass is 456 g/mol. The number of esters is 2. The number of rotatable bonds is 23. The molecule has 0 aromatic carbocycles. The maximum Gasteiger partial charge on any atom is 0.323 e. The summed E-state index contributed by atoms with van der Waals surface area (Å²) in [5.74, 6) is -0.938. The topological polar surface area (TPSA) is 61.8 Å². The first kappa shape index (κ1) is 30.9. The summed E-state index contributed by atoms with van der Waals surface area (Å²) in [6.45, 7) is 9.29. The molecule has 0 atom stereocenters. The zero-order valence-corrected chi connectivity index (χ0v) is 21.7. The Hall–Kier alpha value is -1.10. The van der Waals surface area contributed by atoms with Gasteiger partial charge in [-0.1, -0.05) is 104 Å². The van der Waals surface area contributed by atoms with Crippen LogP contribution in [0.4, 0.5) is 0 Å². The van der Waals surface area contributed by atoms with Crippen LogP contribution in [-0.4, -0.2) is 38.4 Å². The van der Waals surface area contributed by atoms with E-state index in [9.17, 15) is 9.59 Å². The van der Waals surface area contributed by atoms with E-state index < -0.39 is 17.4 Å². The smallest absolute Gasteiger partial charge is 0.323 e. The van der Waals surface area contributed by atoms with Gasteiger partial charge >= 0.3 is 11.9 Å². The molecule has 0 fully saturated rings. The van der Waals surface area contributed by atoms with E-state index in [4.69, 9.17) is 14.2 Å². The number of hydrogen-bond acceptors (Lipinski definition) is 5. The molecule has 0 aromatic rings. The highest BCUT2D eigenvalue weighted by atomic mass is 16.6. The van der Waals surface area contributed by atoms with Crippen molar-refractivity contribution in [3.8, 4) is 0 Å². The third kappa shape index (κ3) is 14.1. The van der Waals surface area contributed by atoms with Gasteiger partial charge in [-0.25, -0.2) is 0 Å². The summed E-state index contributed by atoms with van der Waals surface area (Å²) in [4.78, 5) is 25.2. The van der Waals surface area contributed by atoms with Gasteiger partial charge in [0.2, 0.25) is 0 Å². The Labute approximate surface area is 198 Å². The van der Waals surface area contributed by atoms with Crippen LogP contribution in [-0.2, 0) is 23.8 Å². The average Bonchev–Trinajstić information content (AvgIpc) is 2.80. The van der Waals surface area contributed by atoms with Gasteiger partial charge in [0.15, 0.2) is 5.41 Å². The van der Waals surface area contributed by atoms with Crippen molar-refractivity contribution in [1.82, 2.24) is 0 Å². The van der Waals surface area contributed by atoms with Crippen LogP contribution < -0.4 is 0 Å². The first-order chi connectivity index (χ1) is 15.6. The molecule has 0 saturated carbocycles. The Kier molecular flexibility index (Phi) is 21.0. The second kappa shape index (κ2) is 21.7. The van der Waals surface area contributed by atoms with E-state index in [0.29, 0.717) is 32.7 Å². The van der Waals surface area contributed by atoms with Gasteiger partial charge in [-0.3, -0.25) is 9.59 Å². The Morgan fingerprint density at radius 1 is 0.531 bits per heavy atom. The molecule has 0 rings (SSSR count). The molecule has 0 amide bonds. The minimum atomic E-state index is -1.19. The molecule has 0 saturated heterocycles. The maximum absolute atomic E-state index is 12.6. The molecule has 0 N–H and O–H groups in total. The van der Waals surface area contributed by atoms with E-state index >= 15 is 0 Å². The SMILES string of the molecule is CCCCCCCCCCCCCCCCOC(=O)C(CC)(CC)C(=O)OCCOCC. The minimum Gasteiger partial charge on any atom is -0.465 e. The summed E-state index contributed by atoms with van der Waals surface area (Å²) in [6, 6.07) is 0. The Morgan fingerprint density at radius 2 is 0.938 bits per heavy atom. The molecule has 0 unspecified atom stereocenters. The summed E-state index contributed by atoms with van der Waals surface area (Å²) >= 11 is 0. The van der Waals surface area contributed by atoms with Crippen molar-refractivity contribution in [2.75, 3.05) is 26.4 Å². The highest BCUT2D eigenvalue weighted by molar-refractivity contribution is 5.99. The molecule has 0 aromatic heterocycles. The second-order valence-corrected chi connectivity index (χ2v) is 8.85. The summed E-state index contributed by atoms with van der Waals surface area (Å²) < 4.78 is 15.9. The zero-order chi connectivity index (χ0) is 23.9.